The Kier molecular flexibility index (Phi) is 5.96. The molecule has 8 nitrogen and oxygen atoms in total. The number of nitrogens with two attached hydrogens (primary N) is 1. The molecule has 2 rings (SSSR count). The van der Waals surface area contributed by atoms with Crippen LogP contribution in [-0.4, -0.2) is 26.4 Å². The third-order valence-electron chi connectivity index (χ3n) is 3.26. The number of esters is 1. The molecule has 3 N–H and O–H groups in total. The SMILES string of the molecule is Cc1ccc(/C=C/C(=O)OC(C)C(=O)Nc2ccc(S(N)(=O)=O)cc2)o1. The smallest absolute Gasteiger partial charge is 0.331 e. The van der Waals surface area contributed by atoms with E-state index in [0.29, 0.717) is 17.2 Å². The number of rotatable bonds is 6. The summed E-state index contributed by atoms with van der Waals surface area (Å²) in [5.74, 6) is -0.0686. The average Bonchev–Trinajstić information content (AvgIpc) is 2.98. The minimum Gasteiger partial charge on any atom is -0.462 e. The lowest BCUT2D eigenvalue weighted by Gasteiger charge is -2.12. The fraction of sp³-hybridized carbons (Fsp3) is 0.176. The summed E-state index contributed by atoms with van der Waals surface area (Å²) in [6.45, 7) is 3.19. The van der Waals surface area contributed by atoms with E-state index in [0.717, 1.165) is 6.08 Å². The number of nitrogens with one attached hydrogen (secondary N) is 1. The molecule has 138 valence electrons. The van der Waals surface area contributed by atoms with Gasteiger partial charge in [0.25, 0.3) is 5.91 Å². The van der Waals surface area contributed by atoms with Crippen LogP contribution in [0.25, 0.3) is 6.08 Å². The molecule has 0 radical (unpaired) electrons. The van der Waals surface area contributed by atoms with Crippen LogP contribution in [0.2, 0.25) is 0 Å². The van der Waals surface area contributed by atoms with Gasteiger partial charge in [0.15, 0.2) is 6.10 Å². The first-order valence-corrected chi connectivity index (χ1v) is 9.08. The van der Waals surface area contributed by atoms with Gasteiger partial charge in [0, 0.05) is 11.8 Å². The van der Waals surface area contributed by atoms with Crippen molar-refractivity contribution in [2.75, 3.05) is 5.32 Å². The number of furan rings is 1. The number of carbonyl (C=O) groups is 2. The molecule has 0 spiro atoms. The van der Waals surface area contributed by atoms with E-state index in [1.807, 2.05) is 0 Å². The Morgan fingerprint density at radius 2 is 1.85 bits per heavy atom. The fourth-order valence-electron chi connectivity index (χ4n) is 1.93. The van der Waals surface area contributed by atoms with Crippen molar-refractivity contribution < 1.29 is 27.2 Å². The summed E-state index contributed by atoms with van der Waals surface area (Å²) < 4.78 is 32.6. The summed E-state index contributed by atoms with van der Waals surface area (Å²) >= 11 is 0. The van der Waals surface area contributed by atoms with Gasteiger partial charge >= 0.3 is 5.97 Å². The van der Waals surface area contributed by atoms with Gasteiger partial charge in [-0.2, -0.15) is 0 Å². The number of ether oxygens (including phenoxy) is 1. The summed E-state index contributed by atoms with van der Waals surface area (Å²) in [4.78, 5) is 23.7. The first-order chi connectivity index (χ1) is 12.1. The molecular weight excluding hydrogens is 360 g/mol. The number of benzene rings is 1. The molecule has 0 saturated carbocycles. The third kappa shape index (κ3) is 5.57. The van der Waals surface area contributed by atoms with Gasteiger partial charge in [-0.15, -0.1) is 0 Å². The van der Waals surface area contributed by atoms with Crippen molar-refractivity contribution in [1.82, 2.24) is 0 Å². The number of hydrogen-bond donors (Lipinski definition) is 2. The quantitative estimate of drug-likeness (QED) is 0.583. The van der Waals surface area contributed by atoms with E-state index in [2.05, 4.69) is 5.32 Å². The Bertz CT molecular complexity index is 928. The summed E-state index contributed by atoms with van der Waals surface area (Å²) in [5, 5.41) is 7.51. The predicted octanol–water partition coefficient (Wildman–Crippen LogP) is 1.82. The molecule has 1 heterocycles. The van der Waals surface area contributed by atoms with Crippen LogP contribution in [-0.2, 0) is 24.3 Å². The molecule has 1 aromatic heterocycles. The highest BCUT2D eigenvalue weighted by atomic mass is 32.2. The van der Waals surface area contributed by atoms with Gasteiger partial charge in [0.05, 0.1) is 4.90 Å². The van der Waals surface area contributed by atoms with Crippen molar-refractivity contribution in [2.24, 2.45) is 5.14 Å². The molecule has 0 aliphatic carbocycles. The van der Waals surface area contributed by atoms with E-state index in [1.165, 1.54) is 37.3 Å². The maximum Gasteiger partial charge on any atom is 0.331 e. The zero-order valence-corrected chi connectivity index (χ0v) is 14.9. The number of aryl methyl sites for hydroxylation is 1. The maximum atomic E-state index is 12.0. The molecule has 0 aliphatic heterocycles. The van der Waals surface area contributed by atoms with Crippen molar-refractivity contribution >= 4 is 33.7 Å². The zero-order chi connectivity index (χ0) is 19.3. The largest absolute Gasteiger partial charge is 0.462 e. The Morgan fingerprint density at radius 1 is 1.19 bits per heavy atom. The Labute approximate surface area is 150 Å². The maximum absolute atomic E-state index is 12.0. The molecule has 1 atom stereocenters. The number of amides is 1. The van der Waals surface area contributed by atoms with E-state index >= 15 is 0 Å². The van der Waals surface area contributed by atoms with Crippen LogP contribution in [0.5, 0.6) is 0 Å². The summed E-state index contributed by atoms with van der Waals surface area (Å²) in [7, 11) is -3.81. The van der Waals surface area contributed by atoms with Crippen molar-refractivity contribution in [3.63, 3.8) is 0 Å². The number of carbonyl (C=O) groups excluding carboxylic acids is 2. The molecule has 2 aromatic rings. The molecule has 26 heavy (non-hydrogen) atoms. The molecule has 1 aromatic carbocycles. The zero-order valence-electron chi connectivity index (χ0n) is 14.1. The molecule has 0 aliphatic rings. The van der Waals surface area contributed by atoms with E-state index in [-0.39, 0.29) is 4.90 Å². The van der Waals surface area contributed by atoms with E-state index in [1.54, 1.807) is 19.1 Å². The minimum atomic E-state index is -3.81. The molecule has 0 bridgehead atoms. The highest BCUT2D eigenvalue weighted by molar-refractivity contribution is 7.89. The van der Waals surface area contributed by atoms with Gasteiger partial charge in [0.1, 0.15) is 11.5 Å². The second kappa shape index (κ2) is 7.98. The number of anilines is 1. The second-order valence-corrected chi connectivity index (χ2v) is 6.98. The summed E-state index contributed by atoms with van der Waals surface area (Å²) in [5.41, 5.74) is 0.340. The predicted molar refractivity (Wildman–Crippen MR) is 94.5 cm³/mol. The monoisotopic (exact) mass is 378 g/mol. The highest BCUT2D eigenvalue weighted by Crippen LogP contribution is 2.13. The van der Waals surface area contributed by atoms with Gasteiger partial charge < -0.3 is 14.5 Å². The number of sulfonamides is 1. The Hall–Kier alpha value is -2.91. The number of hydrogen-bond acceptors (Lipinski definition) is 6. The van der Waals surface area contributed by atoms with Gasteiger partial charge in [-0.3, -0.25) is 4.79 Å². The normalized spacial score (nSPS) is 12.7. The van der Waals surface area contributed by atoms with Crippen LogP contribution < -0.4 is 10.5 Å². The molecule has 9 heteroatoms. The van der Waals surface area contributed by atoms with Gasteiger partial charge in [-0.1, -0.05) is 0 Å². The highest BCUT2D eigenvalue weighted by Gasteiger charge is 2.17. The second-order valence-electron chi connectivity index (χ2n) is 5.42. The van der Waals surface area contributed by atoms with E-state index in [9.17, 15) is 18.0 Å². The Morgan fingerprint density at radius 3 is 2.38 bits per heavy atom. The van der Waals surface area contributed by atoms with Crippen LogP contribution in [0, 0.1) is 6.92 Å². The fourth-order valence-corrected chi connectivity index (χ4v) is 2.45. The topological polar surface area (TPSA) is 129 Å². The van der Waals surface area contributed by atoms with Crippen LogP contribution in [0.15, 0.2) is 51.8 Å². The first kappa shape index (κ1) is 19.4. The molecule has 1 amide bonds. The van der Waals surface area contributed by atoms with E-state index < -0.39 is 28.0 Å². The standard InChI is InChI=1S/C17H18N2O6S/c1-11-3-6-14(24-11)7-10-16(20)25-12(2)17(21)19-13-4-8-15(9-5-13)26(18,22)23/h3-10,12H,1-2H3,(H,19,21)(H2,18,22,23)/b10-7+. The van der Waals surface area contributed by atoms with Crippen LogP contribution in [0.4, 0.5) is 5.69 Å². The van der Waals surface area contributed by atoms with Gasteiger partial charge in [0.2, 0.25) is 10.0 Å². The van der Waals surface area contributed by atoms with E-state index in [4.69, 9.17) is 14.3 Å². The van der Waals surface area contributed by atoms with Crippen molar-refractivity contribution in [2.45, 2.75) is 24.8 Å². The van der Waals surface area contributed by atoms with Crippen molar-refractivity contribution in [3.8, 4) is 0 Å². The van der Waals surface area contributed by atoms with Crippen molar-refractivity contribution in [3.05, 3.63) is 54.0 Å². The third-order valence-corrected chi connectivity index (χ3v) is 4.19. The molecular formula is C17H18N2O6S. The number of primary sulfonamides is 1. The minimum absolute atomic E-state index is 0.0757. The lowest BCUT2D eigenvalue weighted by Crippen LogP contribution is -2.29. The molecule has 0 saturated heterocycles. The lowest BCUT2D eigenvalue weighted by atomic mass is 10.3. The average molecular weight is 378 g/mol. The molecule has 0 fully saturated rings. The van der Waals surface area contributed by atoms with Crippen molar-refractivity contribution in [1.29, 1.82) is 0 Å². The molecule has 1 unspecified atom stereocenters. The Balaban J connectivity index is 1.90. The van der Waals surface area contributed by atoms with Crippen LogP contribution >= 0.6 is 0 Å². The van der Waals surface area contributed by atoms with Crippen LogP contribution in [0.3, 0.4) is 0 Å². The first-order valence-electron chi connectivity index (χ1n) is 7.54. The van der Waals surface area contributed by atoms with Gasteiger partial charge in [-0.05, 0) is 56.3 Å². The van der Waals surface area contributed by atoms with Gasteiger partial charge in [-0.25, -0.2) is 18.4 Å². The summed E-state index contributed by atoms with van der Waals surface area (Å²) in [6, 6.07) is 8.73. The van der Waals surface area contributed by atoms with Crippen LogP contribution in [0.1, 0.15) is 18.4 Å². The lowest BCUT2D eigenvalue weighted by molar-refractivity contribution is -0.148. The summed E-state index contributed by atoms with van der Waals surface area (Å²) in [6.07, 6.45) is 1.54.